The summed E-state index contributed by atoms with van der Waals surface area (Å²) < 4.78 is 37.5. The lowest BCUT2D eigenvalue weighted by Gasteiger charge is -2.23. The molecule has 0 aliphatic heterocycles. The Labute approximate surface area is 172 Å². The number of carbonyl (C=O) groups excluding carboxylic acids is 1. The third kappa shape index (κ3) is 8.13. The molecular weight excluding hydrogens is 394 g/mol. The van der Waals surface area contributed by atoms with Crippen LogP contribution in [-0.2, 0) is 32.6 Å². The van der Waals surface area contributed by atoms with E-state index in [2.05, 4.69) is 0 Å². The summed E-state index contributed by atoms with van der Waals surface area (Å²) in [6.07, 6.45) is 2.00. The molecule has 1 amide bonds. The highest BCUT2D eigenvalue weighted by Crippen LogP contribution is 2.17. The van der Waals surface area contributed by atoms with Gasteiger partial charge in [0.05, 0.1) is 19.8 Å². The first-order valence-corrected chi connectivity index (χ1v) is 11.0. The maximum atomic E-state index is 12.9. The number of carbonyl (C=O) groups is 1. The second-order valence-electron chi connectivity index (χ2n) is 6.62. The molecule has 0 spiro atoms. The molecule has 0 unspecified atom stereocenters. The molecule has 0 radical (unpaired) electrons. The van der Waals surface area contributed by atoms with Gasteiger partial charge in [0.25, 0.3) is 0 Å². The second kappa shape index (κ2) is 10.8. The van der Waals surface area contributed by atoms with Crippen molar-refractivity contribution in [1.82, 2.24) is 4.90 Å². The third-order valence-electron chi connectivity index (χ3n) is 4.19. The molecule has 2 aromatic carbocycles. The summed E-state index contributed by atoms with van der Waals surface area (Å²) in [5.74, 6) is 0.990. The molecule has 0 aliphatic rings. The topological polar surface area (TPSA) is 82.1 Å². The standard InChI is InChI=1S/C21H27NO6S/c1-26-14-4-13-22(21(23)15-17-5-9-19(27-2)10-6-17)16-18-7-11-20(12-8-18)28-29(3,24)25/h5-12H,4,13-16H2,1-3H3. The van der Waals surface area contributed by atoms with Crippen LogP contribution in [0.1, 0.15) is 17.5 Å². The first kappa shape index (κ1) is 22.7. The SMILES string of the molecule is COCCCN(Cc1ccc(OS(C)(=O)=O)cc1)C(=O)Cc1ccc(OC)cc1. The zero-order valence-electron chi connectivity index (χ0n) is 17.0. The number of benzene rings is 2. The lowest BCUT2D eigenvalue weighted by Crippen LogP contribution is -2.33. The van der Waals surface area contributed by atoms with Crippen LogP contribution in [0.15, 0.2) is 48.5 Å². The molecule has 0 heterocycles. The normalized spacial score (nSPS) is 11.1. The van der Waals surface area contributed by atoms with Gasteiger partial charge in [0, 0.05) is 26.8 Å². The van der Waals surface area contributed by atoms with E-state index in [1.54, 1.807) is 43.4 Å². The lowest BCUT2D eigenvalue weighted by molar-refractivity contribution is -0.131. The fourth-order valence-corrected chi connectivity index (χ4v) is 3.23. The van der Waals surface area contributed by atoms with E-state index in [0.29, 0.717) is 19.7 Å². The van der Waals surface area contributed by atoms with Crippen LogP contribution in [-0.4, -0.2) is 52.9 Å². The molecule has 7 nitrogen and oxygen atoms in total. The van der Waals surface area contributed by atoms with Gasteiger partial charge >= 0.3 is 10.1 Å². The minimum atomic E-state index is -3.57. The van der Waals surface area contributed by atoms with Gasteiger partial charge < -0.3 is 18.6 Å². The Hall–Kier alpha value is -2.58. The van der Waals surface area contributed by atoms with Crippen molar-refractivity contribution in [2.45, 2.75) is 19.4 Å². The van der Waals surface area contributed by atoms with Crippen molar-refractivity contribution in [3.8, 4) is 11.5 Å². The van der Waals surface area contributed by atoms with Gasteiger partial charge in [-0.05, 0) is 41.8 Å². The Morgan fingerprint density at radius 2 is 1.52 bits per heavy atom. The highest BCUT2D eigenvalue weighted by molar-refractivity contribution is 7.86. The van der Waals surface area contributed by atoms with Crippen LogP contribution >= 0.6 is 0 Å². The van der Waals surface area contributed by atoms with E-state index >= 15 is 0 Å². The van der Waals surface area contributed by atoms with Crippen molar-refractivity contribution in [2.24, 2.45) is 0 Å². The Kier molecular flexibility index (Phi) is 8.48. The Morgan fingerprint density at radius 1 is 0.931 bits per heavy atom. The van der Waals surface area contributed by atoms with Crippen molar-refractivity contribution in [3.05, 3.63) is 59.7 Å². The lowest BCUT2D eigenvalue weighted by atomic mass is 10.1. The minimum absolute atomic E-state index is 0.00253. The van der Waals surface area contributed by atoms with Crippen molar-refractivity contribution < 1.29 is 26.9 Å². The number of nitrogens with zero attached hydrogens (tertiary/aromatic N) is 1. The van der Waals surface area contributed by atoms with E-state index < -0.39 is 10.1 Å². The Morgan fingerprint density at radius 3 is 2.07 bits per heavy atom. The Balaban J connectivity index is 2.06. The van der Waals surface area contributed by atoms with Gasteiger partial charge in [-0.15, -0.1) is 0 Å². The van der Waals surface area contributed by atoms with Crippen molar-refractivity contribution in [3.63, 3.8) is 0 Å². The molecule has 158 valence electrons. The van der Waals surface area contributed by atoms with Gasteiger partial charge in [-0.2, -0.15) is 8.42 Å². The van der Waals surface area contributed by atoms with Gasteiger partial charge in [-0.1, -0.05) is 24.3 Å². The molecular formula is C21H27NO6S. The zero-order valence-corrected chi connectivity index (χ0v) is 17.8. The molecule has 0 N–H and O–H groups in total. The minimum Gasteiger partial charge on any atom is -0.497 e. The zero-order chi connectivity index (χ0) is 21.3. The number of amides is 1. The van der Waals surface area contributed by atoms with Gasteiger partial charge in [0.2, 0.25) is 5.91 Å². The first-order chi connectivity index (χ1) is 13.8. The average molecular weight is 422 g/mol. The van der Waals surface area contributed by atoms with Gasteiger partial charge in [-0.3, -0.25) is 4.79 Å². The van der Waals surface area contributed by atoms with Gasteiger partial charge in [-0.25, -0.2) is 0 Å². The monoisotopic (exact) mass is 421 g/mol. The van der Waals surface area contributed by atoms with E-state index in [0.717, 1.165) is 29.6 Å². The molecule has 0 aromatic heterocycles. The molecule has 2 aromatic rings. The van der Waals surface area contributed by atoms with Crippen LogP contribution in [0.2, 0.25) is 0 Å². The number of hydrogen-bond donors (Lipinski definition) is 0. The summed E-state index contributed by atoms with van der Waals surface area (Å²) in [7, 11) is -0.338. The molecule has 8 heteroatoms. The van der Waals surface area contributed by atoms with Crippen LogP contribution in [0.5, 0.6) is 11.5 Å². The molecule has 0 aliphatic carbocycles. The molecule has 0 bridgehead atoms. The fourth-order valence-electron chi connectivity index (χ4n) is 2.77. The fraction of sp³-hybridized carbons (Fsp3) is 0.381. The molecule has 0 saturated carbocycles. The summed E-state index contributed by atoms with van der Waals surface area (Å²) in [6.45, 7) is 1.54. The van der Waals surface area contributed by atoms with E-state index in [1.165, 1.54) is 0 Å². The van der Waals surface area contributed by atoms with E-state index in [4.69, 9.17) is 13.7 Å². The van der Waals surface area contributed by atoms with Crippen LogP contribution in [0.25, 0.3) is 0 Å². The molecule has 0 atom stereocenters. The summed E-state index contributed by atoms with van der Waals surface area (Å²) >= 11 is 0. The third-order valence-corrected chi connectivity index (χ3v) is 4.68. The smallest absolute Gasteiger partial charge is 0.306 e. The predicted octanol–water partition coefficient (Wildman–Crippen LogP) is 2.64. The number of ether oxygens (including phenoxy) is 2. The van der Waals surface area contributed by atoms with E-state index in [-0.39, 0.29) is 18.1 Å². The van der Waals surface area contributed by atoms with Crippen molar-refractivity contribution in [1.29, 1.82) is 0 Å². The summed E-state index contributed by atoms with van der Waals surface area (Å²) in [4.78, 5) is 14.6. The number of methoxy groups -OCH3 is 2. The number of hydrogen-bond acceptors (Lipinski definition) is 6. The van der Waals surface area contributed by atoms with Gasteiger partial charge in [0.15, 0.2) is 0 Å². The van der Waals surface area contributed by atoms with E-state index in [1.807, 2.05) is 24.3 Å². The van der Waals surface area contributed by atoms with Crippen molar-refractivity contribution >= 4 is 16.0 Å². The predicted molar refractivity (Wildman–Crippen MR) is 111 cm³/mol. The molecule has 0 saturated heterocycles. The van der Waals surface area contributed by atoms with Crippen LogP contribution in [0.3, 0.4) is 0 Å². The highest BCUT2D eigenvalue weighted by Gasteiger charge is 2.15. The van der Waals surface area contributed by atoms with Crippen LogP contribution in [0, 0.1) is 0 Å². The summed E-state index contributed by atoms with van der Waals surface area (Å²) in [6, 6.07) is 14.1. The summed E-state index contributed by atoms with van der Waals surface area (Å²) in [5.41, 5.74) is 1.79. The molecule has 2 rings (SSSR count). The quantitative estimate of drug-likeness (QED) is 0.410. The second-order valence-corrected chi connectivity index (χ2v) is 8.19. The highest BCUT2D eigenvalue weighted by atomic mass is 32.2. The van der Waals surface area contributed by atoms with Crippen LogP contribution in [0.4, 0.5) is 0 Å². The van der Waals surface area contributed by atoms with E-state index in [9.17, 15) is 13.2 Å². The number of rotatable bonds is 11. The molecule has 29 heavy (non-hydrogen) atoms. The molecule has 0 fully saturated rings. The van der Waals surface area contributed by atoms with Crippen molar-refractivity contribution in [2.75, 3.05) is 33.6 Å². The Bertz CT molecular complexity index is 878. The first-order valence-electron chi connectivity index (χ1n) is 9.19. The average Bonchev–Trinajstić information content (AvgIpc) is 2.68. The van der Waals surface area contributed by atoms with Crippen LogP contribution < -0.4 is 8.92 Å². The maximum Gasteiger partial charge on any atom is 0.306 e. The maximum absolute atomic E-state index is 12.9. The largest absolute Gasteiger partial charge is 0.497 e. The van der Waals surface area contributed by atoms with Gasteiger partial charge in [0.1, 0.15) is 11.5 Å². The summed E-state index contributed by atoms with van der Waals surface area (Å²) in [5, 5.41) is 0.